The highest BCUT2D eigenvalue weighted by Crippen LogP contribution is 2.30. The van der Waals surface area contributed by atoms with Gasteiger partial charge in [-0.3, -0.25) is 0 Å². The normalized spacial score (nSPS) is 14.8. The van der Waals surface area contributed by atoms with Gasteiger partial charge in [0.1, 0.15) is 17.5 Å². The molecule has 2 aliphatic rings. The lowest BCUT2D eigenvalue weighted by atomic mass is 10.0. The molecule has 0 atom stereocenters. The maximum absolute atomic E-state index is 13.9. The number of fused-ring (bicyclic) bond motifs is 1. The molecule has 9 heteroatoms. The van der Waals surface area contributed by atoms with Crippen molar-refractivity contribution in [2.45, 2.75) is 51.4 Å². The Hall–Kier alpha value is -4.01. The van der Waals surface area contributed by atoms with Crippen LogP contribution >= 0.6 is 0 Å². The zero-order chi connectivity index (χ0) is 26.9. The number of aromatic amines is 1. The fraction of sp³-hybridized carbons (Fsp3) is 0.345. The van der Waals surface area contributed by atoms with Gasteiger partial charge in [0.05, 0.1) is 11.2 Å². The lowest BCUT2D eigenvalue weighted by molar-refractivity contribution is 0.218. The number of nitrogens with zero attached hydrogens (tertiary/aromatic N) is 3. The molecule has 2 aromatic heterocycles. The summed E-state index contributed by atoms with van der Waals surface area (Å²) in [5.74, 6) is -0.730. The van der Waals surface area contributed by atoms with E-state index in [1.54, 1.807) is 17.2 Å². The predicted molar refractivity (Wildman–Crippen MR) is 147 cm³/mol. The third kappa shape index (κ3) is 7.06. The second-order valence-electron chi connectivity index (χ2n) is 9.53. The van der Waals surface area contributed by atoms with Gasteiger partial charge < -0.3 is 21.4 Å². The number of H-pyrrole nitrogens is 1. The van der Waals surface area contributed by atoms with Gasteiger partial charge in [-0.05, 0) is 18.9 Å². The quantitative estimate of drug-likeness (QED) is 0.274. The summed E-state index contributed by atoms with van der Waals surface area (Å²) in [6.45, 7) is 1.71. The van der Waals surface area contributed by atoms with E-state index >= 15 is 0 Å². The Morgan fingerprint density at radius 1 is 0.868 bits per heavy atom. The Balaban J connectivity index is 0.000000195. The van der Waals surface area contributed by atoms with Crippen LogP contribution in [0.4, 0.5) is 19.4 Å². The van der Waals surface area contributed by atoms with Gasteiger partial charge in [-0.2, -0.15) is 0 Å². The monoisotopic (exact) mass is 520 g/mol. The summed E-state index contributed by atoms with van der Waals surface area (Å²) in [6, 6.07) is 13.0. The third-order valence-corrected chi connectivity index (χ3v) is 6.68. The summed E-state index contributed by atoms with van der Waals surface area (Å²) in [5, 5.41) is 0.372. The van der Waals surface area contributed by atoms with E-state index < -0.39 is 11.6 Å². The SMILES string of the molecule is C1CCCCC1.NC(=O)N1CCCC1.Nc1cc(-c2ccccc2)nc(-c2c[nH]c3c(F)cc(F)cc23)n1. The average molecular weight is 521 g/mol. The standard InChI is InChI=1S/C18H12F2N4.C6H12.C5H10N2O/c19-11-6-12-13(9-22-17(12)14(20)7-11)18-23-15(8-16(21)24-18)10-4-2-1-3-5-10;1-2-4-6-5-3-1;6-5(8)7-3-1-2-4-7/h1-9,22H,(H2,21,23,24);1-6H2;1-4H2,(H2,6,8). The molecule has 3 heterocycles. The molecule has 38 heavy (non-hydrogen) atoms. The number of nitrogens with one attached hydrogen (secondary N) is 1. The van der Waals surface area contributed by atoms with Gasteiger partial charge in [0, 0.05) is 47.9 Å². The van der Waals surface area contributed by atoms with E-state index in [9.17, 15) is 13.6 Å². The topological polar surface area (TPSA) is 114 Å². The number of rotatable bonds is 2. The minimum absolute atomic E-state index is 0.207. The molecule has 7 nitrogen and oxygen atoms in total. The van der Waals surface area contributed by atoms with E-state index in [0.29, 0.717) is 22.5 Å². The van der Waals surface area contributed by atoms with E-state index in [1.807, 2.05) is 30.3 Å². The minimum Gasteiger partial charge on any atom is -0.384 e. The summed E-state index contributed by atoms with van der Waals surface area (Å²) in [7, 11) is 0. The first-order chi connectivity index (χ1) is 18.4. The molecule has 0 radical (unpaired) electrons. The van der Waals surface area contributed by atoms with Crippen LogP contribution in [0.15, 0.2) is 54.7 Å². The van der Waals surface area contributed by atoms with Crippen LogP contribution in [-0.2, 0) is 0 Å². The van der Waals surface area contributed by atoms with Crippen LogP contribution in [0.5, 0.6) is 0 Å². The Labute approximate surface area is 221 Å². The second-order valence-corrected chi connectivity index (χ2v) is 9.53. The Morgan fingerprint density at radius 3 is 2.08 bits per heavy atom. The smallest absolute Gasteiger partial charge is 0.314 e. The zero-order valence-electron chi connectivity index (χ0n) is 21.4. The first kappa shape index (κ1) is 27.0. The van der Waals surface area contributed by atoms with E-state index in [4.69, 9.17) is 11.5 Å². The molecular formula is C29H34F2N6O. The number of amides is 2. The van der Waals surface area contributed by atoms with Crippen molar-refractivity contribution in [3.05, 3.63) is 66.4 Å². The number of urea groups is 1. The van der Waals surface area contributed by atoms with E-state index in [-0.39, 0.29) is 17.4 Å². The largest absolute Gasteiger partial charge is 0.384 e. The molecule has 0 spiro atoms. The van der Waals surface area contributed by atoms with Crippen LogP contribution in [0.1, 0.15) is 51.4 Å². The van der Waals surface area contributed by atoms with Gasteiger partial charge in [0.15, 0.2) is 5.82 Å². The van der Waals surface area contributed by atoms with E-state index in [0.717, 1.165) is 37.6 Å². The van der Waals surface area contributed by atoms with E-state index in [1.165, 1.54) is 44.6 Å². The second kappa shape index (κ2) is 13.0. The van der Waals surface area contributed by atoms with Crippen molar-refractivity contribution in [3.63, 3.8) is 0 Å². The van der Waals surface area contributed by atoms with Gasteiger partial charge in [-0.15, -0.1) is 0 Å². The van der Waals surface area contributed by atoms with Crippen molar-refractivity contribution in [3.8, 4) is 22.6 Å². The molecule has 6 rings (SSSR count). The maximum Gasteiger partial charge on any atom is 0.314 e. The van der Waals surface area contributed by atoms with Gasteiger partial charge in [-0.1, -0.05) is 68.9 Å². The van der Waals surface area contributed by atoms with Crippen LogP contribution in [-0.4, -0.2) is 39.0 Å². The number of likely N-dealkylation sites (tertiary alicyclic amines) is 1. The number of carbonyl (C=O) groups is 1. The predicted octanol–water partition coefficient (Wildman–Crippen LogP) is 6.65. The van der Waals surface area contributed by atoms with Crippen molar-refractivity contribution in [2.75, 3.05) is 18.8 Å². The van der Waals surface area contributed by atoms with E-state index in [2.05, 4.69) is 15.0 Å². The van der Waals surface area contributed by atoms with Gasteiger partial charge in [0.2, 0.25) is 0 Å². The van der Waals surface area contributed by atoms with Crippen molar-refractivity contribution in [2.24, 2.45) is 5.73 Å². The molecule has 5 N–H and O–H groups in total. The molecule has 1 aliphatic carbocycles. The van der Waals surface area contributed by atoms with Crippen LogP contribution in [0.25, 0.3) is 33.5 Å². The highest BCUT2D eigenvalue weighted by Gasteiger charge is 2.15. The zero-order valence-corrected chi connectivity index (χ0v) is 21.4. The Bertz CT molecular complexity index is 1340. The first-order valence-electron chi connectivity index (χ1n) is 13.1. The molecule has 0 unspecified atom stereocenters. The summed E-state index contributed by atoms with van der Waals surface area (Å²) in [5.41, 5.74) is 13.1. The third-order valence-electron chi connectivity index (χ3n) is 6.68. The molecule has 1 saturated heterocycles. The van der Waals surface area contributed by atoms with Crippen LogP contribution in [0, 0.1) is 11.6 Å². The fourth-order valence-corrected chi connectivity index (χ4v) is 4.68. The minimum atomic E-state index is -0.663. The molecule has 2 amide bonds. The number of nitrogens with two attached hydrogens (primary N) is 2. The fourth-order valence-electron chi connectivity index (χ4n) is 4.68. The van der Waals surface area contributed by atoms with Crippen LogP contribution in [0.3, 0.4) is 0 Å². The summed E-state index contributed by atoms with van der Waals surface area (Å²) >= 11 is 0. The molecule has 0 bridgehead atoms. The van der Waals surface area contributed by atoms with Crippen LogP contribution < -0.4 is 11.5 Å². The van der Waals surface area contributed by atoms with Crippen molar-refractivity contribution >= 4 is 22.8 Å². The number of carbonyl (C=O) groups excluding carboxylic acids is 1. The number of halogens is 2. The number of primary amides is 1. The lowest BCUT2D eigenvalue weighted by Crippen LogP contribution is -2.32. The molecular weight excluding hydrogens is 486 g/mol. The number of hydrogen-bond donors (Lipinski definition) is 3. The van der Waals surface area contributed by atoms with Crippen molar-refractivity contribution in [1.29, 1.82) is 0 Å². The van der Waals surface area contributed by atoms with Gasteiger partial charge in [0.25, 0.3) is 0 Å². The molecule has 4 aromatic rings. The Kier molecular flexibility index (Phi) is 9.24. The van der Waals surface area contributed by atoms with Gasteiger partial charge >= 0.3 is 6.03 Å². The number of nitrogen functional groups attached to an aromatic ring is 1. The molecule has 1 saturated carbocycles. The molecule has 2 aromatic carbocycles. The van der Waals surface area contributed by atoms with Gasteiger partial charge in [-0.25, -0.2) is 23.5 Å². The first-order valence-corrected chi connectivity index (χ1v) is 13.1. The average Bonchev–Trinajstić information content (AvgIpc) is 3.62. The highest BCUT2D eigenvalue weighted by molar-refractivity contribution is 5.94. The number of anilines is 1. The highest BCUT2D eigenvalue weighted by atomic mass is 19.1. The van der Waals surface area contributed by atoms with Crippen molar-refractivity contribution < 1.29 is 13.6 Å². The maximum atomic E-state index is 13.9. The number of benzene rings is 2. The molecule has 1 aliphatic heterocycles. The van der Waals surface area contributed by atoms with Crippen LogP contribution in [0.2, 0.25) is 0 Å². The number of aromatic nitrogens is 3. The summed E-state index contributed by atoms with van der Waals surface area (Å²) in [6.07, 6.45) is 12.8. The summed E-state index contributed by atoms with van der Waals surface area (Å²) in [4.78, 5) is 23.5. The molecule has 200 valence electrons. The van der Waals surface area contributed by atoms with Crippen molar-refractivity contribution in [1.82, 2.24) is 19.9 Å². The lowest BCUT2D eigenvalue weighted by Gasteiger charge is -2.09. The molecule has 2 fully saturated rings. The number of hydrogen-bond acceptors (Lipinski definition) is 4. The summed E-state index contributed by atoms with van der Waals surface area (Å²) < 4.78 is 27.4. The Morgan fingerprint density at radius 2 is 1.50 bits per heavy atom.